The predicted molar refractivity (Wildman–Crippen MR) is 249 cm³/mol. The minimum absolute atomic E-state index is 1.14. The van der Waals surface area contributed by atoms with Gasteiger partial charge in [0.2, 0.25) is 0 Å². The van der Waals surface area contributed by atoms with E-state index >= 15 is 0 Å². The van der Waals surface area contributed by atoms with Crippen LogP contribution in [0.15, 0.2) is 200 Å². The minimum Gasteiger partial charge on any atom is -0.309 e. The van der Waals surface area contributed by atoms with Crippen molar-refractivity contribution >= 4 is 87.2 Å². The van der Waals surface area contributed by atoms with Crippen molar-refractivity contribution in [3.63, 3.8) is 0 Å². The van der Waals surface area contributed by atoms with E-state index in [1.54, 1.807) is 0 Å². The zero-order valence-electron chi connectivity index (χ0n) is 32.3. The summed E-state index contributed by atoms with van der Waals surface area (Å²) in [7, 11) is 0. The molecule has 0 radical (unpaired) electrons. The van der Waals surface area contributed by atoms with Gasteiger partial charge >= 0.3 is 0 Å². The molecule has 4 aromatic heterocycles. The Balaban J connectivity index is 1.17. The molecule has 0 amide bonds. The Morgan fingerprint density at radius 3 is 1.31 bits per heavy atom. The highest BCUT2D eigenvalue weighted by atomic mass is 15.0. The second kappa shape index (κ2) is 12.1. The van der Waals surface area contributed by atoms with Crippen LogP contribution < -0.4 is 0 Å². The summed E-state index contributed by atoms with van der Waals surface area (Å²) in [6.07, 6.45) is 0. The van der Waals surface area contributed by atoms with Crippen LogP contribution in [0.3, 0.4) is 0 Å². The molecule has 0 saturated heterocycles. The first-order chi connectivity index (χ1) is 29.2. The highest BCUT2D eigenvalue weighted by Gasteiger charge is 2.25. The summed E-state index contributed by atoms with van der Waals surface area (Å²) < 4.78 is 9.88. The van der Waals surface area contributed by atoms with Gasteiger partial charge in [0.15, 0.2) is 0 Å². The molecule has 0 unspecified atom stereocenters. The molecule has 9 aromatic carbocycles. The number of hydrogen-bond acceptors (Lipinski definition) is 0. The van der Waals surface area contributed by atoms with Gasteiger partial charge in [-0.15, -0.1) is 0 Å². The molecule has 0 fully saturated rings. The van der Waals surface area contributed by atoms with Crippen LogP contribution in [0.5, 0.6) is 0 Å². The molecule has 0 spiro atoms. The minimum atomic E-state index is 1.14. The Labute approximate surface area is 339 Å². The quantitative estimate of drug-likeness (QED) is 0.171. The molecule has 4 heteroatoms. The maximum absolute atomic E-state index is 2.50. The van der Waals surface area contributed by atoms with Crippen LogP contribution in [0.4, 0.5) is 0 Å². The molecule has 276 valence electrons. The van der Waals surface area contributed by atoms with E-state index in [0.717, 1.165) is 22.7 Å². The summed E-state index contributed by atoms with van der Waals surface area (Å²) in [5.41, 5.74) is 15.5. The number of aryl methyl sites for hydroxylation is 1. The summed E-state index contributed by atoms with van der Waals surface area (Å²) in [5, 5.41) is 10.1. The fraction of sp³-hybridized carbons (Fsp3) is 0.0182. The summed E-state index contributed by atoms with van der Waals surface area (Å²) in [6.45, 7) is 2.29. The van der Waals surface area contributed by atoms with Gasteiger partial charge < -0.3 is 18.3 Å². The van der Waals surface area contributed by atoms with Crippen molar-refractivity contribution in [1.29, 1.82) is 0 Å². The maximum Gasteiger partial charge on any atom is 0.0644 e. The third kappa shape index (κ3) is 4.37. The molecule has 0 saturated carbocycles. The van der Waals surface area contributed by atoms with Crippen LogP contribution in [-0.4, -0.2) is 18.3 Å². The van der Waals surface area contributed by atoms with Crippen molar-refractivity contribution < 1.29 is 0 Å². The third-order valence-corrected chi connectivity index (χ3v) is 12.6. The molecule has 59 heavy (non-hydrogen) atoms. The number of rotatable bonds is 4. The molecule has 0 aliphatic heterocycles. The van der Waals surface area contributed by atoms with Crippen molar-refractivity contribution in [2.75, 3.05) is 0 Å². The number of hydrogen-bond donors (Lipinski definition) is 0. The Morgan fingerprint density at radius 1 is 0.254 bits per heavy atom. The monoisotopic (exact) mass is 752 g/mol. The molecule has 0 N–H and O–H groups in total. The van der Waals surface area contributed by atoms with E-state index in [4.69, 9.17) is 0 Å². The lowest BCUT2D eigenvalue weighted by atomic mass is 10.0. The normalized spacial score (nSPS) is 12.2. The molecule has 4 heterocycles. The lowest BCUT2D eigenvalue weighted by Gasteiger charge is -2.11. The van der Waals surface area contributed by atoms with E-state index in [9.17, 15) is 0 Å². The first-order valence-corrected chi connectivity index (χ1v) is 20.4. The van der Waals surface area contributed by atoms with Gasteiger partial charge in [0.05, 0.1) is 44.1 Å². The smallest absolute Gasteiger partial charge is 0.0644 e. The molecule has 13 aromatic rings. The third-order valence-electron chi connectivity index (χ3n) is 12.6. The summed E-state index contributed by atoms with van der Waals surface area (Å²) in [4.78, 5) is 0. The fourth-order valence-electron chi connectivity index (χ4n) is 10.3. The van der Waals surface area contributed by atoms with Gasteiger partial charge in [0, 0.05) is 65.8 Å². The summed E-state index contributed by atoms with van der Waals surface area (Å²) >= 11 is 0. The largest absolute Gasteiger partial charge is 0.309 e. The van der Waals surface area contributed by atoms with Crippen LogP contribution in [0, 0.1) is 6.92 Å². The zero-order chi connectivity index (χ0) is 38.8. The van der Waals surface area contributed by atoms with Gasteiger partial charge in [-0.1, -0.05) is 115 Å². The average molecular weight is 753 g/mol. The van der Waals surface area contributed by atoms with E-state index in [2.05, 4.69) is 225 Å². The van der Waals surface area contributed by atoms with Crippen molar-refractivity contribution in [2.45, 2.75) is 6.92 Å². The van der Waals surface area contributed by atoms with Crippen molar-refractivity contribution in [3.05, 3.63) is 206 Å². The number of nitrogens with zero attached hydrogens (tertiary/aromatic N) is 4. The first kappa shape index (κ1) is 32.3. The predicted octanol–water partition coefficient (Wildman–Crippen LogP) is 14.4. The maximum atomic E-state index is 2.50. The van der Waals surface area contributed by atoms with Crippen LogP contribution in [0.1, 0.15) is 5.56 Å². The molecule has 13 rings (SSSR count). The Kier molecular flexibility index (Phi) is 6.62. The molecular formula is C55H36N4. The number of fused-ring (bicyclic) bond motifs is 14. The van der Waals surface area contributed by atoms with Gasteiger partial charge in [-0.05, 0) is 97.4 Å². The van der Waals surface area contributed by atoms with Gasteiger partial charge in [-0.25, -0.2) is 0 Å². The topological polar surface area (TPSA) is 19.7 Å². The number of para-hydroxylation sites is 6. The van der Waals surface area contributed by atoms with Crippen molar-refractivity contribution in [1.82, 2.24) is 18.3 Å². The van der Waals surface area contributed by atoms with Crippen molar-refractivity contribution in [2.24, 2.45) is 0 Å². The van der Waals surface area contributed by atoms with Gasteiger partial charge in [0.1, 0.15) is 0 Å². The Bertz CT molecular complexity index is 3820. The van der Waals surface area contributed by atoms with E-state index < -0.39 is 0 Å². The lowest BCUT2D eigenvalue weighted by Crippen LogP contribution is -1.96. The fourth-order valence-corrected chi connectivity index (χ4v) is 10.3. The molecular weight excluding hydrogens is 717 g/mol. The second-order valence-corrected chi connectivity index (χ2v) is 15.8. The lowest BCUT2D eigenvalue weighted by molar-refractivity contribution is 1.16. The van der Waals surface area contributed by atoms with Crippen LogP contribution in [-0.2, 0) is 0 Å². The van der Waals surface area contributed by atoms with Crippen molar-refractivity contribution in [3.8, 4) is 22.7 Å². The van der Waals surface area contributed by atoms with E-state index in [-0.39, 0.29) is 0 Å². The molecule has 0 atom stereocenters. The average Bonchev–Trinajstić information content (AvgIpc) is 4.02. The molecule has 4 nitrogen and oxygen atoms in total. The van der Waals surface area contributed by atoms with Crippen LogP contribution >= 0.6 is 0 Å². The highest BCUT2D eigenvalue weighted by molar-refractivity contribution is 6.28. The van der Waals surface area contributed by atoms with E-state index in [1.165, 1.54) is 92.8 Å². The summed E-state index contributed by atoms with van der Waals surface area (Å²) in [6, 6.07) is 73.3. The molecule has 0 aliphatic carbocycles. The standard InChI is InChI=1S/C55H36N4/c1-35-33-50-53(43-25-13-15-27-46(43)56(50)36-17-5-2-6-18-36)55-51(35)44-34-39(29-31-48(44)59(55)38-21-9-4-10-22-38)57-47-28-16-12-24-42(47)52-49(57)32-30-41-40-23-11-14-26-45(40)58(54(41)52)37-19-7-3-8-20-37/h2-34H,1H3. The van der Waals surface area contributed by atoms with Crippen LogP contribution in [0.25, 0.3) is 110 Å². The first-order valence-electron chi connectivity index (χ1n) is 20.4. The highest BCUT2D eigenvalue weighted by Crippen LogP contribution is 2.46. The van der Waals surface area contributed by atoms with Gasteiger partial charge in [-0.3, -0.25) is 0 Å². The molecule has 0 bridgehead atoms. The number of aromatic nitrogens is 4. The summed E-state index contributed by atoms with van der Waals surface area (Å²) in [5.74, 6) is 0. The number of benzene rings is 9. The van der Waals surface area contributed by atoms with Crippen LogP contribution in [0.2, 0.25) is 0 Å². The molecule has 0 aliphatic rings. The van der Waals surface area contributed by atoms with E-state index in [0.29, 0.717) is 0 Å². The zero-order valence-corrected chi connectivity index (χ0v) is 32.3. The van der Waals surface area contributed by atoms with E-state index in [1.807, 2.05) is 0 Å². The van der Waals surface area contributed by atoms with Gasteiger partial charge in [0.25, 0.3) is 0 Å². The second-order valence-electron chi connectivity index (χ2n) is 15.8. The van der Waals surface area contributed by atoms with Gasteiger partial charge in [-0.2, -0.15) is 0 Å². The SMILES string of the molecule is Cc1cc2c(c3ccccc3n2-c2ccccc2)c2c1c1cc(-n3c4ccccc4c4c3ccc3c5ccccc5n(-c5ccccc5)c34)ccc1n2-c1ccccc1. The Hall–Kier alpha value is -7.82. The Morgan fingerprint density at radius 2 is 0.695 bits per heavy atom.